The first-order valence-electron chi connectivity index (χ1n) is 6.88. The van der Waals surface area contributed by atoms with E-state index in [1.807, 2.05) is 18.4 Å². The van der Waals surface area contributed by atoms with Crippen LogP contribution in [0, 0.1) is 6.92 Å². The number of anilines is 1. The van der Waals surface area contributed by atoms with E-state index in [2.05, 4.69) is 21.4 Å². The average molecular weight is 333 g/mol. The van der Waals surface area contributed by atoms with Crippen molar-refractivity contribution in [2.75, 3.05) is 11.9 Å². The molecule has 114 valence electrons. The van der Waals surface area contributed by atoms with Gasteiger partial charge in [0.05, 0.1) is 18.5 Å². The van der Waals surface area contributed by atoms with Gasteiger partial charge in [-0.25, -0.2) is 14.8 Å². The number of ether oxygens (including phenoxy) is 1. The number of carbonyl (C=O) groups is 1. The van der Waals surface area contributed by atoms with Crippen molar-refractivity contribution in [2.24, 2.45) is 0 Å². The van der Waals surface area contributed by atoms with Gasteiger partial charge < -0.3 is 10.1 Å². The number of fused-ring (bicyclic) bond motifs is 1. The third-order valence-electron chi connectivity index (χ3n) is 3.20. The minimum absolute atomic E-state index is 0.299. The highest BCUT2D eigenvalue weighted by Crippen LogP contribution is 2.33. The summed E-state index contributed by atoms with van der Waals surface area (Å²) >= 11 is 3.04. The lowest BCUT2D eigenvalue weighted by atomic mass is 10.2. The molecule has 1 N–H and O–H groups in total. The SMILES string of the molecule is CCOC(=O)c1sc2ncnc(NCc3cccs3)c2c1C. The molecule has 3 rings (SSSR count). The quantitative estimate of drug-likeness (QED) is 0.719. The van der Waals surface area contributed by atoms with E-state index in [0.29, 0.717) is 18.0 Å². The van der Waals surface area contributed by atoms with Crippen molar-refractivity contribution in [2.45, 2.75) is 20.4 Å². The van der Waals surface area contributed by atoms with Crippen molar-refractivity contribution in [3.8, 4) is 0 Å². The van der Waals surface area contributed by atoms with Crippen LogP contribution in [-0.4, -0.2) is 22.5 Å². The highest BCUT2D eigenvalue weighted by molar-refractivity contribution is 7.20. The molecule has 0 aliphatic rings. The number of rotatable bonds is 5. The summed E-state index contributed by atoms with van der Waals surface area (Å²) in [6.07, 6.45) is 1.52. The maximum atomic E-state index is 12.0. The first-order chi connectivity index (χ1) is 10.7. The van der Waals surface area contributed by atoms with Gasteiger partial charge in [-0.2, -0.15) is 0 Å². The summed E-state index contributed by atoms with van der Waals surface area (Å²) in [5.41, 5.74) is 0.868. The van der Waals surface area contributed by atoms with Gasteiger partial charge in [-0.15, -0.1) is 22.7 Å². The van der Waals surface area contributed by atoms with Crippen molar-refractivity contribution in [1.82, 2.24) is 9.97 Å². The molecule has 0 amide bonds. The van der Waals surface area contributed by atoms with E-state index in [0.717, 1.165) is 21.6 Å². The molecular weight excluding hydrogens is 318 g/mol. The number of carbonyl (C=O) groups excluding carboxylic acids is 1. The van der Waals surface area contributed by atoms with E-state index >= 15 is 0 Å². The van der Waals surface area contributed by atoms with Crippen LogP contribution in [0.1, 0.15) is 27.0 Å². The molecule has 3 aromatic heterocycles. The molecule has 0 saturated heterocycles. The van der Waals surface area contributed by atoms with Crippen LogP contribution in [0.25, 0.3) is 10.2 Å². The second kappa shape index (κ2) is 6.41. The fourth-order valence-corrected chi connectivity index (χ4v) is 3.87. The molecule has 0 aliphatic heterocycles. The number of aryl methyl sites for hydroxylation is 1. The molecular formula is C15H15N3O2S2. The van der Waals surface area contributed by atoms with Crippen molar-refractivity contribution in [1.29, 1.82) is 0 Å². The third-order valence-corrected chi connectivity index (χ3v) is 5.25. The van der Waals surface area contributed by atoms with Crippen LogP contribution in [0.4, 0.5) is 5.82 Å². The van der Waals surface area contributed by atoms with Crippen LogP contribution in [0.3, 0.4) is 0 Å². The molecule has 7 heteroatoms. The van der Waals surface area contributed by atoms with Crippen molar-refractivity contribution < 1.29 is 9.53 Å². The number of hydrogen-bond donors (Lipinski definition) is 1. The van der Waals surface area contributed by atoms with Crippen LogP contribution < -0.4 is 5.32 Å². The normalized spacial score (nSPS) is 10.8. The van der Waals surface area contributed by atoms with Crippen LogP contribution in [0.2, 0.25) is 0 Å². The van der Waals surface area contributed by atoms with E-state index < -0.39 is 0 Å². The van der Waals surface area contributed by atoms with E-state index in [9.17, 15) is 4.79 Å². The van der Waals surface area contributed by atoms with Crippen LogP contribution in [-0.2, 0) is 11.3 Å². The summed E-state index contributed by atoms with van der Waals surface area (Å²) in [6.45, 7) is 4.77. The molecule has 0 fully saturated rings. The predicted octanol–water partition coefficient (Wildman–Crippen LogP) is 3.85. The summed E-state index contributed by atoms with van der Waals surface area (Å²) < 4.78 is 5.10. The molecule has 0 spiro atoms. The fraction of sp³-hybridized carbons (Fsp3) is 0.267. The summed E-state index contributed by atoms with van der Waals surface area (Å²) in [5.74, 6) is 0.454. The first kappa shape index (κ1) is 14.9. The number of nitrogens with one attached hydrogen (secondary N) is 1. The molecule has 22 heavy (non-hydrogen) atoms. The summed E-state index contributed by atoms with van der Waals surface area (Å²) in [6, 6.07) is 4.09. The zero-order chi connectivity index (χ0) is 15.5. The Labute approximate surface area is 136 Å². The minimum Gasteiger partial charge on any atom is -0.462 e. The van der Waals surface area contributed by atoms with E-state index in [1.165, 1.54) is 22.5 Å². The molecule has 0 bridgehead atoms. The monoisotopic (exact) mass is 333 g/mol. The molecule has 5 nitrogen and oxygen atoms in total. The van der Waals surface area contributed by atoms with Gasteiger partial charge in [0.1, 0.15) is 21.9 Å². The van der Waals surface area contributed by atoms with E-state index in [1.54, 1.807) is 18.3 Å². The standard InChI is InChI=1S/C15H15N3O2S2/c1-3-20-15(19)12-9(2)11-13(17-8-18-14(11)22-12)16-7-10-5-4-6-21-10/h4-6,8H,3,7H2,1-2H3,(H,16,17,18). The topological polar surface area (TPSA) is 64.1 Å². The lowest BCUT2D eigenvalue weighted by molar-refractivity contribution is 0.0531. The van der Waals surface area contributed by atoms with Crippen LogP contribution in [0.5, 0.6) is 0 Å². The Morgan fingerprint density at radius 2 is 2.27 bits per heavy atom. The summed E-state index contributed by atoms with van der Waals surface area (Å²) in [4.78, 5) is 23.2. The summed E-state index contributed by atoms with van der Waals surface area (Å²) in [5, 5.41) is 6.27. The highest BCUT2D eigenvalue weighted by atomic mass is 32.1. The zero-order valence-electron chi connectivity index (χ0n) is 12.3. The maximum Gasteiger partial charge on any atom is 0.348 e. The molecule has 0 aromatic carbocycles. The Morgan fingerprint density at radius 1 is 1.41 bits per heavy atom. The largest absolute Gasteiger partial charge is 0.462 e. The third kappa shape index (κ3) is 2.82. The number of esters is 1. The first-order valence-corrected chi connectivity index (χ1v) is 8.57. The van der Waals surface area contributed by atoms with E-state index in [4.69, 9.17) is 4.74 Å². The number of nitrogens with zero attached hydrogens (tertiary/aromatic N) is 2. The molecule has 0 radical (unpaired) electrons. The van der Waals surface area contributed by atoms with Crippen LogP contribution >= 0.6 is 22.7 Å². The highest BCUT2D eigenvalue weighted by Gasteiger charge is 2.20. The second-order valence-electron chi connectivity index (χ2n) is 4.61. The van der Waals surface area contributed by atoms with Gasteiger partial charge in [0.2, 0.25) is 0 Å². The molecule has 3 aromatic rings. The number of thiophene rings is 2. The lowest BCUT2D eigenvalue weighted by Gasteiger charge is -2.06. The molecule has 0 unspecified atom stereocenters. The van der Waals surface area contributed by atoms with Crippen molar-refractivity contribution in [3.63, 3.8) is 0 Å². The molecule has 0 atom stereocenters. The van der Waals surface area contributed by atoms with E-state index in [-0.39, 0.29) is 5.97 Å². The van der Waals surface area contributed by atoms with Gasteiger partial charge in [0, 0.05) is 4.88 Å². The molecule has 0 aliphatic carbocycles. The Kier molecular flexibility index (Phi) is 4.35. The van der Waals surface area contributed by atoms with Crippen LogP contribution in [0.15, 0.2) is 23.8 Å². The maximum absolute atomic E-state index is 12.0. The van der Waals surface area contributed by atoms with Gasteiger partial charge in [0.15, 0.2) is 0 Å². The Hall–Kier alpha value is -1.99. The second-order valence-corrected chi connectivity index (χ2v) is 6.64. The van der Waals surface area contributed by atoms with Gasteiger partial charge in [-0.05, 0) is 30.9 Å². The van der Waals surface area contributed by atoms with Gasteiger partial charge in [0.25, 0.3) is 0 Å². The Balaban J connectivity index is 1.95. The number of aromatic nitrogens is 2. The smallest absolute Gasteiger partial charge is 0.348 e. The summed E-state index contributed by atoms with van der Waals surface area (Å²) in [7, 11) is 0. The Bertz CT molecular complexity index is 797. The van der Waals surface area contributed by atoms with Gasteiger partial charge in [-0.3, -0.25) is 0 Å². The molecule has 3 heterocycles. The van der Waals surface area contributed by atoms with Gasteiger partial charge in [-0.1, -0.05) is 6.07 Å². The predicted molar refractivity (Wildman–Crippen MR) is 89.8 cm³/mol. The zero-order valence-corrected chi connectivity index (χ0v) is 13.9. The van der Waals surface area contributed by atoms with Crippen molar-refractivity contribution in [3.05, 3.63) is 39.2 Å². The number of hydrogen-bond acceptors (Lipinski definition) is 7. The fourth-order valence-electron chi connectivity index (χ4n) is 2.18. The average Bonchev–Trinajstić information content (AvgIpc) is 3.14. The molecule has 0 saturated carbocycles. The minimum atomic E-state index is -0.299. The van der Waals surface area contributed by atoms with Gasteiger partial charge >= 0.3 is 5.97 Å². The van der Waals surface area contributed by atoms with Crippen molar-refractivity contribution >= 4 is 44.7 Å². The lowest BCUT2D eigenvalue weighted by Crippen LogP contribution is -2.04. The Morgan fingerprint density at radius 3 is 3.00 bits per heavy atom.